The lowest BCUT2D eigenvalue weighted by Gasteiger charge is -2.10. The van der Waals surface area contributed by atoms with Crippen molar-refractivity contribution in [2.45, 2.75) is 27.2 Å². The summed E-state index contributed by atoms with van der Waals surface area (Å²) in [6.07, 6.45) is 0.756. The summed E-state index contributed by atoms with van der Waals surface area (Å²) in [7, 11) is 0. The molecule has 1 aromatic carbocycles. The molecule has 0 aliphatic rings. The highest BCUT2D eigenvalue weighted by molar-refractivity contribution is 5.95. The van der Waals surface area contributed by atoms with Crippen molar-refractivity contribution in [1.29, 1.82) is 0 Å². The molecule has 126 valence electrons. The van der Waals surface area contributed by atoms with Crippen LogP contribution in [0.2, 0.25) is 0 Å². The van der Waals surface area contributed by atoms with Crippen LogP contribution in [-0.2, 0) is 14.3 Å². The number of aryl methyl sites for hydroxylation is 2. The van der Waals surface area contributed by atoms with E-state index in [2.05, 4.69) is 10.6 Å². The van der Waals surface area contributed by atoms with E-state index in [4.69, 9.17) is 9.47 Å². The van der Waals surface area contributed by atoms with Crippen molar-refractivity contribution in [3.63, 3.8) is 0 Å². The molecule has 0 aliphatic carbocycles. The Kier molecular flexibility index (Phi) is 7.59. The van der Waals surface area contributed by atoms with Crippen LogP contribution in [0.3, 0.4) is 0 Å². The van der Waals surface area contributed by atoms with Gasteiger partial charge in [0.05, 0.1) is 0 Å². The summed E-state index contributed by atoms with van der Waals surface area (Å²) in [5.74, 6) is -0.793. The van der Waals surface area contributed by atoms with E-state index in [1.54, 1.807) is 0 Å². The summed E-state index contributed by atoms with van der Waals surface area (Å²) in [5.41, 5.74) is 1.91. The summed E-state index contributed by atoms with van der Waals surface area (Å²) < 4.78 is 10.1. The van der Waals surface area contributed by atoms with Gasteiger partial charge in [0, 0.05) is 6.54 Å². The molecule has 1 rings (SSSR count). The molecule has 23 heavy (non-hydrogen) atoms. The van der Waals surface area contributed by atoms with E-state index in [-0.39, 0.29) is 6.61 Å². The Morgan fingerprint density at radius 1 is 1.13 bits per heavy atom. The Hall–Kier alpha value is -2.57. The van der Waals surface area contributed by atoms with Gasteiger partial charge in [-0.15, -0.1) is 0 Å². The van der Waals surface area contributed by atoms with Crippen molar-refractivity contribution in [2.75, 3.05) is 19.8 Å². The molecule has 2 N–H and O–H groups in total. The normalized spacial score (nSPS) is 9.87. The standard InChI is InChI=1S/C16H22N2O5/c1-4-7-17-16(21)18-14(19)9-23-15(20)10-22-13-8-11(2)5-6-12(13)3/h5-6,8H,4,7,9-10H2,1-3H3,(H2,17,18,19,21). The number of hydrogen-bond donors (Lipinski definition) is 2. The van der Waals surface area contributed by atoms with Crippen LogP contribution in [0.15, 0.2) is 18.2 Å². The number of esters is 1. The van der Waals surface area contributed by atoms with Gasteiger partial charge in [-0.2, -0.15) is 0 Å². The first-order chi connectivity index (χ1) is 10.9. The molecular weight excluding hydrogens is 300 g/mol. The van der Waals surface area contributed by atoms with Crippen molar-refractivity contribution in [3.05, 3.63) is 29.3 Å². The molecule has 0 radical (unpaired) electrons. The zero-order valence-electron chi connectivity index (χ0n) is 13.6. The van der Waals surface area contributed by atoms with Gasteiger partial charge < -0.3 is 14.8 Å². The Labute approximate surface area is 135 Å². The summed E-state index contributed by atoms with van der Waals surface area (Å²) in [5, 5.41) is 4.53. The second-order valence-corrected chi connectivity index (χ2v) is 5.02. The monoisotopic (exact) mass is 322 g/mol. The highest BCUT2D eigenvalue weighted by Gasteiger charge is 2.11. The summed E-state index contributed by atoms with van der Waals surface area (Å²) in [4.78, 5) is 34.2. The van der Waals surface area contributed by atoms with Gasteiger partial charge in [-0.25, -0.2) is 9.59 Å². The summed E-state index contributed by atoms with van der Waals surface area (Å²) in [6, 6.07) is 5.03. The number of ether oxygens (including phenoxy) is 2. The quantitative estimate of drug-likeness (QED) is 0.741. The van der Waals surface area contributed by atoms with Gasteiger partial charge in [-0.3, -0.25) is 10.1 Å². The van der Waals surface area contributed by atoms with E-state index in [0.29, 0.717) is 12.3 Å². The summed E-state index contributed by atoms with van der Waals surface area (Å²) in [6.45, 7) is 5.29. The number of urea groups is 1. The van der Waals surface area contributed by atoms with Gasteiger partial charge >= 0.3 is 12.0 Å². The van der Waals surface area contributed by atoms with Gasteiger partial charge in [0.2, 0.25) is 0 Å². The number of imide groups is 1. The number of rotatable bonds is 7. The van der Waals surface area contributed by atoms with E-state index in [9.17, 15) is 14.4 Å². The third kappa shape index (κ3) is 7.30. The molecule has 1 aromatic rings. The maximum Gasteiger partial charge on any atom is 0.344 e. The number of carbonyl (C=O) groups is 3. The zero-order valence-corrected chi connectivity index (χ0v) is 13.6. The highest BCUT2D eigenvalue weighted by atomic mass is 16.6. The number of benzene rings is 1. The first-order valence-corrected chi connectivity index (χ1v) is 7.35. The van der Waals surface area contributed by atoms with Crippen LogP contribution in [0.25, 0.3) is 0 Å². The van der Waals surface area contributed by atoms with E-state index in [1.165, 1.54) is 0 Å². The molecule has 0 unspecified atom stereocenters. The molecule has 0 fully saturated rings. The average molecular weight is 322 g/mol. The van der Waals surface area contributed by atoms with E-state index < -0.39 is 24.5 Å². The lowest BCUT2D eigenvalue weighted by atomic mass is 10.1. The van der Waals surface area contributed by atoms with Gasteiger partial charge in [-0.05, 0) is 37.5 Å². The third-order valence-electron chi connectivity index (χ3n) is 2.84. The highest BCUT2D eigenvalue weighted by Crippen LogP contribution is 2.18. The lowest BCUT2D eigenvalue weighted by molar-refractivity contribution is -0.150. The Bertz CT molecular complexity index is 572. The lowest BCUT2D eigenvalue weighted by Crippen LogP contribution is -2.41. The second kappa shape index (κ2) is 9.45. The first-order valence-electron chi connectivity index (χ1n) is 7.35. The maximum atomic E-state index is 11.5. The molecule has 0 aliphatic heterocycles. The van der Waals surface area contributed by atoms with Crippen LogP contribution in [0.5, 0.6) is 5.75 Å². The van der Waals surface area contributed by atoms with Gasteiger partial charge in [0.25, 0.3) is 5.91 Å². The second-order valence-electron chi connectivity index (χ2n) is 5.02. The van der Waals surface area contributed by atoms with Crippen LogP contribution in [0.4, 0.5) is 4.79 Å². The first kappa shape index (κ1) is 18.5. The van der Waals surface area contributed by atoms with Crippen molar-refractivity contribution >= 4 is 17.9 Å². The SMILES string of the molecule is CCCNC(=O)NC(=O)COC(=O)COc1cc(C)ccc1C. The topological polar surface area (TPSA) is 93.7 Å². The predicted molar refractivity (Wildman–Crippen MR) is 84.2 cm³/mol. The summed E-state index contributed by atoms with van der Waals surface area (Å²) >= 11 is 0. The Morgan fingerprint density at radius 2 is 1.87 bits per heavy atom. The Balaban J connectivity index is 2.30. The van der Waals surface area contributed by atoms with Crippen molar-refractivity contribution in [3.8, 4) is 5.75 Å². The molecule has 0 spiro atoms. The largest absolute Gasteiger partial charge is 0.482 e. The van der Waals surface area contributed by atoms with Crippen molar-refractivity contribution in [1.82, 2.24) is 10.6 Å². The number of hydrogen-bond acceptors (Lipinski definition) is 5. The van der Waals surface area contributed by atoms with Gasteiger partial charge in [0.15, 0.2) is 13.2 Å². The van der Waals surface area contributed by atoms with E-state index >= 15 is 0 Å². The number of carbonyl (C=O) groups excluding carboxylic acids is 3. The molecule has 0 aromatic heterocycles. The van der Waals surface area contributed by atoms with Crippen LogP contribution in [-0.4, -0.2) is 37.7 Å². The van der Waals surface area contributed by atoms with Crippen LogP contribution < -0.4 is 15.4 Å². The van der Waals surface area contributed by atoms with Crippen LogP contribution >= 0.6 is 0 Å². The molecule has 0 saturated carbocycles. The van der Waals surface area contributed by atoms with Crippen molar-refractivity contribution in [2.24, 2.45) is 0 Å². The minimum absolute atomic E-state index is 0.306. The molecule has 0 saturated heterocycles. The zero-order chi connectivity index (χ0) is 17.2. The smallest absolute Gasteiger partial charge is 0.344 e. The molecule has 0 atom stereocenters. The van der Waals surface area contributed by atoms with Crippen LogP contribution in [0, 0.1) is 13.8 Å². The molecule has 3 amide bonds. The molecule has 0 bridgehead atoms. The average Bonchev–Trinajstić information content (AvgIpc) is 2.51. The molecule has 7 heteroatoms. The van der Waals surface area contributed by atoms with Gasteiger partial charge in [0.1, 0.15) is 5.75 Å². The minimum Gasteiger partial charge on any atom is -0.482 e. The molecular formula is C16H22N2O5. The molecule has 0 heterocycles. The van der Waals surface area contributed by atoms with Crippen LogP contribution in [0.1, 0.15) is 24.5 Å². The predicted octanol–water partition coefficient (Wildman–Crippen LogP) is 1.46. The maximum absolute atomic E-state index is 11.5. The fraction of sp³-hybridized carbons (Fsp3) is 0.438. The fourth-order valence-electron chi connectivity index (χ4n) is 1.63. The Morgan fingerprint density at radius 3 is 2.57 bits per heavy atom. The van der Waals surface area contributed by atoms with E-state index in [0.717, 1.165) is 17.5 Å². The number of nitrogens with one attached hydrogen (secondary N) is 2. The van der Waals surface area contributed by atoms with Gasteiger partial charge in [-0.1, -0.05) is 19.1 Å². The fourth-order valence-corrected chi connectivity index (χ4v) is 1.63. The number of amides is 3. The molecule has 7 nitrogen and oxygen atoms in total. The third-order valence-corrected chi connectivity index (χ3v) is 2.84. The minimum atomic E-state index is -0.696. The van der Waals surface area contributed by atoms with Crippen molar-refractivity contribution < 1.29 is 23.9 Å². The van der Waals surface area contributed by atoms with E-state index in [1.807, 2.05) is 39.0 Å².